The van der Waals surface area contributed by atoms with Crippen LogP contribution in [0.4, 0.5) is 0 Å². The molecule has 4 aromatic rings. The van der Waals surface area contributed by atoms with E-state index in [1.54, 1.807) is 0 Å². The maximum Gasteiger partial charge on any atom is 0.201 e. The Morgan fingerprint density at radius 1 is 0.800 bits per heavy atom. The third-order valence-electron chi connectivity index (χ3n) is 4.47. The molecule has 0 aliphatic carbocycles. The van der Waals surface area contributed by atoms with Crippen molar-refractivity contribution in [3.63, 3.8) is 0 Å². The topological polar surface area (TPSA) is 27.1 Å². The minimum atomic E-state index is -0.191. The Morgan fingerprint density at radius 2 is 1.48 bits per heavy atom. The number of ether oxygens (including phenoxy) is 1. The zero-order valence-electron chi connectivity index (χ0n) is 13.5. The molecule has 1 aromatic heterocycles. The Hall–Kier alpha value is -3.33. The molecule has 2 heterocycles. The van der Waals surface area contributed by atoms with E-state index in [9.17, 15) is 0 Å². The zero-order valence-corrected chi connectivity index (χ0v) is 13.5. The van der Waals surface area contributed by atoms with E-state index in [1.165, 1.54) is 0 Å². The molecule has 3 aromatic carbocycles. The standard InChI is InChI=1S/C22H16N2O/c1-3-9-16(10-4-1)15-20-24-19-14-8-7-13-18(19)23-22(24)21(25-20)17-11-5-2-6-12-17/h1-15,21H/b20-15-. The first-order valence-electron chi connectivity index (χ1n) is 8.36. The van der Waals surface area contributed by atoms with Crippen LogP contribution in [0.3, 0.4) is 0 Å². The Kier molecular flexibility index (Phi) is 3.17. The largest absolute Gasteiger partial charge is 0.462 e. The van der Waals surface area contributed by atoms with Crippen LogP contribution in [-0.2, 0) is 4.74 Å². The molecule has 3 heteroatoms. The van der Waals surface area contributed by atoms with E-state index in [2.05, 4.69) is 41.0 Å². The van der Waals surface area contributed by atoms with Crippen LogP contribution in [0, 0.1) is 0 Å². The van der Waals surface area contributed by atoms with Crippen molar-refractivity contribution in [3.8, 4) is 0 Å². The highest BCUT2D eigenvalue weighted by Crippen LogP contribution is 2.40. The number of hydrogen-bond acceptors (Lipinski definition) is 2. The predicted molar refractivity (Wildman–Crippen MR) is 99.7 cm³/mol. The van der Waals surface area contributed by atoms with Gasteiger partial charge < -0.3 is 4.74 Å². The lowest BCUT2D eigenvalue weighted by Gasteiger charge is -2.10. The number of imidazole rings is 1. The number of aromatic nitrogens is 2. The highest BCUT2D eigenvalue weighted by Gasteiger charge is 2.32. The van der Waals surface area contributed by atoms with Gasteiger partial charge in [-0.05, 0) is 17.7 Å². The fourth-order valence-electron chi connectivity index (χ4n) is 3.31. The molecule has 0 N–H and O–H groups in total. The summed E-state index contributed by atoms with van der Waals surface area (Å²) in [5.41, 5.74) is 4.27. The predicted octanol–water partition coefficient (Wildman–Crippen LogP) is 5.11. The van der Waals surface area contributed by atoms with Crippen molar-refractivity contribution in [1.29, 1.82) is 0 Å². The first-order chi connectivity index (χ1) is 12.4. The number of benzene rings is 3. The molecular formula is C22H16N2O. The van der Waals surface area contributed by atoms with Crippen LogP contribution in [0.2, 0.25) is 0 Å². The summed E-state index contributed by atoms with van der Waals surface area (Å²) in [6.45, 7) is 0. The van der Waals surface area contributed by atoms with Crippen LogP contribution >= 0.6 is 0 Å². The summed E-state index contributed by atoms with van der Waals surface area (Å²) in [6.07, 6.45) is 1.88. The molecule has 25 heavy (non-hydrogen) atoms. The first-order valence-corrected chi connectivity index (χ1v) is 8.36. The van der Waals surface area contributed by atoms with Crippen LogP contribution in [0.25, 0.3) is 23.0 Å². The molecule has 0 saturated carbocycles. The summed E-state index contributed by atoms with van der Waals surface area (Å²) in [4.78, 5) is 4.84. The van der Waals surface area contributed by atoms with Gasteiger partial charge in [-0.15, -0.1) is 0 Å². The van der Waals surface area contributed by atoms with Crippen LogP contribution < -0.4 is 0 Å². The molecule has 1 unspecified atom stereocenters. The number of rotatable bonds is 2. The van der Waals surface area contributed by atoms with Crippen LogP contribution in [0.15, 0.2) is 84.9 Å². The summed E-state index contributed by atoms with van der Waals surface area (Å²) in [6, 6.07) is 28.7. The zero-order chi connectivity index (χ0) is 16.6. The minimum Gasteiger partial charge on any atom is -0.462 e. The lowest BCUT2D eigenvalue weighted by Crippen LogP contribution is -1.99. The maximum atomic E-state index is 6.33. The molecule has 5 rings (SSSR count). The van der Waals surface area contributed by atoms with Crippen LogP contribution in [0.5, 0.6) is 0 Å². The van der Waals surface area contributed by atoms with Gasteiger partial charge in [-0.3, -0.25) is 4.57 Å². The minimum absolute atomic E-state index is 0.191. The van der Waals surface area contributed by atoms with E-state index < -0.39 is 0 Å². The Labute approximate surface area is 145 Å². The van der Waals surface area contributed by atoms with Crippen LogP contribution in [0.1, 0.15) is 23.1 Å². The Bertz CT molecular complexity index is 1070. The molecule has 1 aliphatic rings. The number of para-hydroxylation sites is 2. The van der Waals surface area contributed by atoms with Crippen molar-refractivity contribution in [2.75, 3.05) is 0 Å². The van der Waals surface area contributed by atoms with E-state index in [1.807, 2.05) is 54.6 Å². The summed E-state index contributed by atoms with van der Waals surface area (Å²) in [5, 5.41) is 0. The smallest absolute Gasteiger partial charge is 0.201 e. The maximum absolute atomic E-state index is 6.33. The number of nitrogens with zero attached hydrogens (tertiary/aromatic N) is 2. The highest BCUT2D eigenvalue weighted by molar-refractivity contribution is 5.83. The summed E-state index contributed by atoms with van der Waals surface area (Å²) in [7, 11) is 0. The second-order valence-electron chi connectivity index (χ2n) is 6.10. The Balaban J connectivity index is 1.72. The number of hydrogen-bond donors (Lipinski definition) is 0. The summed E-state index contributed by atoms with van der Waals surface area (Å²) < 4.78 is 8.46. The van der Waals surface area contributed by atoms with Gasteiger partial charge in [0.15, 0.2) is 11.9 Å². The van der Waals surface area contributed by atoms with Crippen molar-refractivity contribution in [3.05, 3.63) is 102 Å². The highest BCUT2D eigenvalue weighted by atomic mass is 16.5. The second-order valence-corrected chi connectivity index (χ2v) is 6.10. The normalized spacial score (nSPS) is 17.6. The molecule has 120 valence electrons. The fraction of sp³-hybridized carbons (Fsp3) is 0.0455. The molecule has 3 nitrogen and oxygen atoms in total. The van der Waals surface area contributed by atoms with Gasteiger partial charge in [0.1, 0.15) is 0 Å². The molecule has 0 amide bonds. The molecule has 0 bridgehead atoms. The van der Waals surface area contributed by atoms with Gasteiger partial charge in [0.05, 0.1) is 11.0 Å². The van der Waals surface area contributed by atoms with Crippen LogP contribution in [-0.4, -0.2) is 9.55 Å². The van der Waals surface area contributed by atoms with Gasteiger partial charge in [-0.1, -0.05) is 72.8 Å². The van der Waals surface area contributed by atoms with Gasteiger partial charge >= 0.3 is 0 Å². The van der Waals surface area contributed by atoms with Gasteiger partial charge in [-0.25, -0.2) is 4.98 Å². The SMILES string of the molecule is C(=C1/OC(c2ccccc2)c2nc3ccccc3n21)/c1ccccc1. The molecule has 0 saturated heterocycles. The van der Waals surface area contributed by atoms with E-state index in [4.69, 9.17) is 9.72 Å². The lowest BCUT2D eigenvalue weighted by atomic mass is 10.1. The average Bonchev–Trinajstić information content (AvgIpc) is 3.21. The Morgan fingerprint density at radius 3 is 2.28 bits per heavy atom. The van der Waals surface area contributed by atoms with Gasteiger partial charge in [-0.2, -0.15) is 0 Å². The molecule has 0 spiro atoms. The lowest BCUT2D eigenvalue weighted by molar-refractivity contribution is 0.224. The monoisotopic (exact) mass is 324 g/mol. The molecule has 1 aliphatic heterocycles. The molecule has 0 fully saturated rings. The first kappa shape index (κ1) is 14.1. The number of fused-ring (bicyclic) bond motifs is 3. The quantitative estimate of drug-likeness (QED) is 0.512. The van der Waals surface area contributed by atoms with Gasteiger partial charge in [0, 0.05) is 11.6 Å². The van der Waals surface area contributed by atoms with Crippen molar-refractivity contribution < 1.29 is 4.74 Å². The third-order valence-corrected chi connectivity index (χ3v) is 4.47. The van der Waals surface area contributed by atoms with E-state index in [-0.39, 0.29) is 6.10 Å². The van der Waals surface area contributed by atoms with Gasteiger partial charge in [0.2, 0.25) is 5.88 Å². The molecule has 0 radical (unpaired) electrons. The summed E-state index contributed by atoms with van der Waals surface area (Å²) >= 11 is 0. The van der Waals surface area contributed by atoms with E-state index >= 15 is 0 Å². The molecular weight excluding hydrogens is 308 g/mol. The second kappa shape index (κ2) is 5.64. The van der Waals surface area contributed by atoms with Gasteiger partial charge in [0.25, 0.3) is 0 Å². The van der Waals surface area contributed by atoms with Crippen molar-refractivity contribution in [1.82, 2.24) is 9.55 Å². The average molecular weight is 324 g/mol. The summed E-state index contributed by atoms with van der Waals surface area (Å²) in [5.74, 6) is 1.73. The third kappa shape index (κ3) is 2.32. The van der Waals surface area contributed by atoms with Crippen molar-refractivity contribution in [2.45, 2.75) is 6.10 Å². The van der Waals surface area contributed by atoms with Crippen molar-refractivity contribution in [2.24, 2.45) is 0 Å². The van der Waals surface area contributed by atoms with Crippen molar-refractivity contribution >= 4 is 23.0 Å². The fourth-order valence-corrected chi connectivity index (χ4v) is 3.31. The van der Waals surface area contributed by atoms with E-state index in [0.29, 0.717) is 0 Å². The van der Waals surface area contributed by atoms with E-state index in [0.717, 1.165) is 33.9 Å². The molecule has 1 atom stereocenters.